The molecule has 0 radical (unpaired) electrons. The van der Waals surface area contributed by atoms with Crippen LogP contribution in [0, 0.1) is 0 Å². The summed E-state index contributed by atoms with van der Waals surface area (Å²) in [7, 11) is -3.37. The maximum absolute atomic E-state index is 8.48. The van der Waals surface area contributed by atoms with E-state index in [1.165, 1.54) is 0 Å². The molecule has 0 aromatic heterocycles. The summed E-state index contributed by atoms with van der Waals surface area (Å²) in [6.07, 6.45) is 0. The molecular weight excluding hydrogens is 151 g/mol. The standard InChI is InChI=1S/C6H6.HO3P/c1-2-4-6-5-3-1;1-4(2)3/h1-6H;(H,1,2,3)/p-1. The molecule has 0 heterocycles. The fraction of sp³-hybridized carbons (Fsp3) is 0. The third kappa shape index (κ3) is 10.3. The van der Waals surface area contributed by atoms with Gasteiger partial charge in [-0.3, -0.25) is 0 Å². The third-order valence-corrected chi connectivity index (χ3v) is 0.667. The van der Waals surface area contributed by atoms with Gasteiger partial charge in [-0.05, 0) is 0 Å². The van der Waals surface area contributed by atoms with Gasteiger partial charge in [-0.2, -0.15) is 0 Å². The Kier molecular flexibility index (Phi) is 5.88. The Balaban J connectivity index is 0.000000180. The van der Waals surface area contributed by atoms with Gasteiger partial charge in [0.15, 0.2) is 0 Å². The van der Waals surface area contributed by atoms with Crippen LogP contribution in [0.2, 0.25) is 0 Å². The van der Waals surface area contributed by atoms with Gasteiger partial charge in [-0.1, -0.05) is 41.0 Å². The fourth-order valence-electron chi connectivity index (χ4n) is 0.385. The van der Waals surface area contributed by atoms with E-state index < -0.39 is 8.25 Å². The normalized spacial score (nSPS) is 7.40. The number of benzene rings is 1. The van der Waals surface area contributed by atoms with Crippen molar-refractivity contribution in [3.63, 3.8) is 0 Å². The van der Waals surface area contributed by atoms with Gasteiger partial charge >= 0.3 is 0 Å². The molecule has 0 N–H and O–H groups in total. The predicted molar refractivity (Wildman–Crippen MR) is 34.0 cm³/mol. The molecule has 0 unspecified atom stereocenters. The first-order valence-corrected chi connectivity index (χ1v) is 3.64. The average molecular weight is 157 g/mol. The average Bonchev–Trinajstić information content (AvgIpc) is 1.90. The zero-order valence-corrected chi connectivity index (χ0v) is 6.03. The topological polar surface area (TPSA) is 63.2 Å². The summed E-state index contributed by atoms with van der Waals surface area (Å²) in [6.45, 7) is 0. The summed E-state index contributed by atoms with van der Waals surface area (Å²) >= 11 is 0. The van der Waals surface area contributed by atoms with Crippen LogP contribution in [0.5, 0.6) is 0 Å². The number of rotatable bonds is 0. The van der Waals surface area contributed by atoms with Crippen molar-refractivity contribution in [3.05, 3.63) is 36.4 Å². The quantitative estimate of drug-likeness (QED) is 0.500. The van der Waals surface area contributed by atoms with Crippen LogP contribution in [0.4, 0.5) is 0 Å². The molecule has 0 aliphatic rings. The summed E-state index contributed by atoms with van der Waals surface area (Å²) in [5.74, 6) is 0. The molecule has 0 atom stereocenters. The van der Waals surface area contributed by atoms with Crippen LogP contribution in [0.25, 0.3) is 0 Å². The highest BCUT2D eigenvalue weighted by atomic mass is 31.1. The minimum atomic E-state index is -3.37. The van der Waals surface area contributed by atoms with E-state index in [1.807, 2.05) is 36.4 Å². The molecule has 10 heavy (non-hydrogen) atoms. The van der Waals surface area contributed by atoms with Crippen molar-refractivity contribution in [2.24, 2.45) is 0 Å². The molecule has 0 fully saturated rings. The van der Waals surface area contributed by atoms with E-state index in [2.05, 4.69) is 0 Å². The van der Waals surface area contributed by atoms with E-state index in [-0.39, 0.29) is 0 Å². The highest BCUT2D eigenvalue weighted by Gasteiger charge is 1.57. The van der Waals surface area contributed by atoms with E-state index in [1.54, 1.807) is 0 Å². The number of hydrogen-bond donors (Lipinski definition) is 0. The molecule has 0 saturated carbocycles. The van der Waals surface area contributed by atoms with Crippen molar-refractivity contribution in [2.45, 2.75) is 0 Å². The summed E-state index contributed by atoms with van der Waals surface area (Å²) in [6, 6.07) is 12.0. The molecular formula is C6H6O3P-. The molecule has 1 rings (SSSR count). The molecule has 54 valence electrons. The van der Waals surface area contributed by atoms with E-state index >= 15 is 0 Å². The monoisotopic (exact) mass is 157 g/mol. The SMILES string of the molecule is O=[P+]([O-])[O-].c1ccccc1. The molecule has 3 nitrogen and oxygen atoms in total. The lowest BCUT2D eigenvalue weighted by atomic mass is 10.4. The smallest absolute Gasteiger partial charge is 0.276 e. The summed E-state index contributed by atoms with van der Waals surface area (Å²) in [5, 5.41) is 0. The molecule has 0 amide bonds. The second kappa shape index (κ2) is 6.36. The molecule has 0 saturated heterocycles. The Bertz CT molecular complexity index is 145. The van der Waals surface area contributed by atoms with Crippen LogP contribution in [0.15, 0.2) is 36.4 Å². The summed E-state index contributed by atoms with van der Waals surface area (Å²) in [4.78, 5) is 17.0. The van der Waals surface area contributed by atoms with Gasteiger partial charge in [-0.15, -0.1) is 0 Å². The van der Waals surface area contributed by atoms with Crippen molar-refractivity contribution in [1.82, 2.24) is 0 Å². The summed E-state index contributed by atoms with van der Waals surface area (Å²) < 4.78 is 8.48. The van der Waals surface area contributed by atoms with Crippen LogP contribution < -0.4 is 9.79 Å². The van der Waals surface area contributed by atoms with Gasteiger partial charge < -0.3 is 9.79 Å². The van der Waals surface area contributed by atoms with E-state index in [4.69, 9.17) is 14.4 Å². The second-order valence-corrected chi connectivity index (χ2v) is 1.83. The highest BCUT2D eigenvalue weighted by Crippen LogP contribution is 1.80. The van der Waals surface area contributed by atoms with Gasteiger partial charge in [-0.25, -0.2) is 0 Å². The van der Waals surface area contributed by atoms with Crippen LogP contribution in [0.3, 0.4) is 0 Å². The maximum Gasteiger partial charge on any atom is 0.276 e. The van der Waals surface area contributed by atoms with E-state index in [9.17, 15) is 0 Å². The lowest BCUT2D eigenvalue weighted by Crippen LogP contribution is -1.97. The van der Waals surface area contributed by atoms with Crippen LogP contribution in [-0.2, 0) is 4.57 Å². The second-order valence-electron chi connectivity index (χ2n) is 1.38. The van der Waals surface area contributed by atoms with Crippen molar-refractivity contribution >= 4 is 8.25 Å². The Morgan fingerprint density at radius 3 is 1.00 bits per heavy atom. The van der Waals surface area contributed by atoms with Gasteiger partial charge in [0, 0.05) is 0 Å². The molecule has 0 spiro atoms. The molecule has 1 aromatic carbocycles. The molecule has 4 heteroatoms. The van der Waals surface area contributed by atoms with Crippen LogP contribution >= 0.6 is 8.25 Å². The van der Waals surface area contributed by atoms with Crippen molar-refractivity contribution in [2.75, 3.05) is 0 Å². The summed E-state index contributed by atoms with van der Waals surface area (Å²) in [5.41, 5.74) is 0. The molecule has 0 bridgehead atoms. The van der Waals surface area contributed by atoms with Crippen molar-refractivity contribution in [3.8, 4) is 0 Å². The van der Waals surface area contributed by atoms with Crippen molar-refractivity contribution < 1.29 is 14.4 Å². The Morgan fingerprint density at radius 1 is 0.800 bits per heavy atom. The molecule has 0 aliphatic heterocycles. The van der Waals surface area contributed by atoms with Gasteiger partial charge in [0.2, 0.25) is 0 Å². The third-order valence-electron chi connectivity index (χ3n) is 0.667. The van der Waals surface area contributed by atoms with Crippen LogP contribution in [0.1, 0.15) is 0 Å². The first-order valence-electron chi connectivity index (χ1n) is 2.55. The van der Waals surface area contributed by atoms with E-state index in [0.29, 0.717) is 0 Å². The van der Waals surface area contributed by atoms with E-state index in [0.717, 1.165) is 0 Å². The molecule has 1 aromatic rings. The van der Waals surface area contributed by atoms with Gasteiger partial charge in [0.1, 0.15) is 0 Å². The first kappa shape index (κ1) is 9.24. The minimum Gasteiger partial charge on any atom is -0.598 e. The number of hydrogen-bond acceptors (Lipinski definition) is 3. The Labute approximate surface area is 59.9 Å². The Hall–Kier alpha value is -0.760. The lowest BCUT2D eigenvalue weighted by Gasteiger charge is -1.75. The lowest BCUT2D eigenvalue weighted by molar-refractivity contribution is -0.297. The maximum atomic E-state index is 8.48. The predicted octanol–water partition coefficient (Wildman–Crippen LogP) is 0.0510. The van der Waals surface area contributed by atoms with Gasteiger partial charge in [0.25, 0.3) is 8.25 Å². The van der Waals surface area contributed by atoms with Crippen LogP contribution in [-0.4, -0.2) is 0 Å². The Morgan fingerprint density at radius 2 is 0.900 bits per heavy atom. The van der Waals surface area contributed by atoms with Crippen molar-refractivity contribution in [1.29, 1.82) is 0 Å². The van der Waals surface area contributed by atoms with Gasteiger partial charge in [0.05, 0.1) is 0 Å². The fourth-order valence-corrected chi connectivity index (χ4v) is 0.385. The zero-order chi connectivity index (χ0) is 7.82. The highest BCUT2D eigenvalue weighted by molar-refractivity contribution is 7.27. The zero-order valence-electron chi connectivity index (χ0n) is 5.14. The molecule has 0 aliphatic carbocycles. The largest absolute Gasteiger partial charge is 0.598 e. The minimum absolute atomic E-state index is 2.00. The first-order chi connectivity index (χ1) is 4.73.